The van der Waals surface area contributed by atoms with Crippen LogP contribution in [0.4, 0.5) is 5.82 Å². The van der Waals surface area contributed by atoms with Crippen molar-refractivity contribution in [2.24, 2.45) is 0 Å². The fraction of sp³-hybridized carbons (Fsp3) is 0.0833. The van der Waals surface area contributed by atoms with E-state index in [1.54, 1.807) is 23.1 Å². The van der Waals surface area contributed by atoms with Crippen LogP contribution in [0, 0.1) is 0 Å². The van der Waals surface area contributed by atoms with E-state index in [9.17, 15) is 0 Å². The highest BCUT2D eigenvalue weighted by Crippen LogP contribution is 2.17. The van der Waals surface area contributed by atoms with E-state index in [1.807, 2.05) is 24.4 Å². The number of anilines is 1. The molecule has 0 atom stereocenters. The maximum Gasteiger partial charge on any atom is 0.171 e. The van der Waals surface area contributed by atoms with Gasteiger partial charge in [0.05, 0.1) is 10.7 Å². The van der Waals surface area contributed by atoms with Gasteiger partial charge >= 0.3 is 0 Å². The van der Waals surface area contributed by atoms with Crippen molar-refractivity contribution in [3.63, 3.8) is 0 Å². The van der Waals surface area contributed by atoms with Crippen LogP contribution in [0.15, 0.2) is 47.5 Å². The van der Waals surface area contributed by atoms with E-state index in [1.165, 1.54) is 5.56 Å². The largest absolute Gasteiger partial charge is 0.366 e. The molecule has 3 heterocycles. The molecule has 0 aliphatic rings. The normalized spacial score (nSPS) is 10.7. The predicted molar refractivity (Wildman–Crippen MR) is 72.3 cm³/mol. The second-order valence-electron chi connectivity index (χ2n) is 3.78. The zero-order valence-corrected chi connectivity index (χ0v) is 11.0. The summed E-state index contributed by atoms with van der Waals surface area (Å²) in [6.07, 6.45) is 7.17. The van der Waals surface area contributed by atoms with Gasteiger partial charge in [0.15, 0.2) is 5.65 Å². The first-order valence-electron chi connectivity index (χ1n) is 5.45. The Morgan fingerprint density at radius 3 is 2.89 bits per heavy atom. The zero-order valence-electron chi connectivity index (χ0n) is 9.42. The predicted octanol–water partition coefficient (Wildman–Crippen LogP) is 2.50. The van der Waals surface area contributed by atoms with E-state index in [-0.39, 0.29) is 0 Å². The molecule has 18 heavy (non-hydrogen) atoms. The lowest BCUT2D eigenvalue weighted by atomic mass is 10.3. The molecule has 0 fully saturated rings. The second kappa shape index (κ2) is 4.73. The van der Waals surface area contributed by atoms with Crippen LogP contribution in [0.5, 0.6) is 0 Å². The van der Waals surface area contributed by atoms with E-state index >= 15 is 0 Å². The first-order valence-corrected chi connectivity index (χ1v) is 6.25. The Kier molecular flexibility index (Phi) is 2.93. The summed E-state index contributed by atoms with van der Waals surface area (Å²) in [7, 11) is 0. The number of halogens is 1. The molecule has 0 saturated heterocycles. The van der Waals surface area contributed by atoms with Crippen molar-refractivity contribution < 1.29 is 0 Å². The third kappa shape index (κ3) is 2.19. The SMILES string of the molecule is Brc1cnn2ccc(NCc3ccncc3)nc12. The van der Waals surface area contributed by atoms with Crippen molar-refractivity contribution in [2.75, 3.05) is 5.32 Å². The minimum Gasteiger partial charge on any atom is -0.366 e. The van der Waals surface area contributed by atoms with Crippen LogP contribution in [-0.2, 0) is 6.54 Å². The molecule has 3 rings (SSSR count). The Morgan fingerprint density at radius 2 is 2.06 bits per heavy atom. The monoisotopic (exact) mass is 303 g/mol. The Morgan fingerprint density at radius 1 is 1.22 bits per heavy atom. The molecule has 90 valence electrons. The van der Waals surface area contributed by atoms with E-state index in [0.717, 1.165) is 22.5 Å². The van der Waals surface area contributed by atoms with Crippen molar-refractivity contribution >= 4 is 27.4 Å². The number of hydrogen-bond donors (Lipinski definition) is 1. The zero-order chi connectivity index (χ0) is 12.4. The minimum absolute atomic E-state index is 0.720. The fourth-order valence-corrected chi connectivity index (χ4v) is 1.99. The molecular weight excluding hydrogens is 294 g/mol. The summed E-state index contributed by atoms with van der Waals surface area (Å²) in [6, 6.07) is 5.84. The van der Waals surface area contributed by atoms with Crippen LogP contribution in [0.25, 0.3) is 5.65 Å². The molecule has 0 aliphatic carbocycles. The molecule has 0 bridgehead atoms. The standard InChI is InChI=1S/C12H10BrN5/c13-10-8-16-18-6-3-11(17-12(10)18)15-7-9-1-4-14-5-2-9/h1-6,8H,7H2,(H,15,17). The van der Waals surface area contributed by atoms with Gasteiger partial charge in [-0.15, -0.1) is 0 Å². The van der Waals surface area contributed by atoms with Crippen molar-refractivity contribution in [1.29, 1.82) is 0 Å². The molecule has 0 aromatic carbocycles. The minimum atomic E-state index is 0.720. The molecule has 5 nitrogen and oxygen atoms in total. The van der Waals surface area contributed by atoms with Gasteiger partial charge in [-0.25, -0.2) is 9.50 Å². The third-order valence-corrected chi connectivity index (χ3v) is 3.11. The van der Waals surface area contributed by atoms with E-state index in [2.05, 4.69) is 36.3 Å². The van der Waals surface area contributed by atoms with Crippen LogP contribution in [0.3, 0.4) is 0 Å². The van der Waals surface area contributed by atoms with Gasteiger partial charge in [0.2, 0.25) is 0 Å². The number of hydrogen-bond acceptors (Lipinski definition) is 4. The van der Waals surface area contributed by atoms with Gasteiger partial charge in [0, 0.05) is 25.1 Å². The summed E-state index contributed by atoms with van der Waals surface area (Å²) in [6.45, 7) is 0.720. The molecule has 0 aliphatic heterocycles. The maximum absolute atomic E-state index is 4.48. The van der Waals surface area contributed by atoms with Gasteiger partial charge in [-0.05, 0) is 39.7 Å². The van der Waals surface area contributed by atoms with Crippen LogP contribution in [-0.4, -0.2) is 19.6 Å². The fourth-order valence-electron chi connectivity index (χ4n) is 1.63. The van der Waals surface area contributed by atoms with Gasteiger partial charge in [-0.1, -0.05) is 0 Å². The average Bonchev–Trinajstić information content (AvgIpc) is 2.79. The smallest absolute Gasteiger partial charge is 0.171 e. The molecule has 0 radical (unpaired) electrons. The van der Waals surface area contributed by atoms with Gasteiger partial charge < -0.3 is 5.32 Å². The molecular formula is C12H10BrN5. The van der Waals surface area contributed by atoms with Gasteiger partial charge in [0.25, 0.3) is 0 Å². The maximum atomic E-state index is 4.48. The van der Waals surface area contributed by atoms with E-state index < -0.39 is 0 Å². The topological polar surface area (TPSA) is 55.1 Å². The van der Waals surface area contributed by atoms with Gasteiger partial charge in [-0.2, -0.15) is 5.10 Å². The number of nitrogens with one attached hydrogen (secondary N) is 1. The summed E-state index contributed by atoms with van der Waals surface area (Å²) >= 11 is 3.42. The molecule has 1 N–H and O–H groups in total. The summed E-state index contributed by atoms with van der Waals surface area (Å²) in [5.41, 5.74) is 1.97. The average molecular weight is 304 g/mol. The van der Waals surface area contributed by atoms with Crippen LogP contribution >= 0.6 is 15.9 Å². The van der Waals surface area contributed by atoms with Crippen LogP contribution < -0.4 is 5.32 Å². The molecule has 0 unspecified atom stereocenters. The Balaban J connectivity index is 1.80. The third-order valence-electron chi connectivity index (χ3n) is 2.55. The summed E-state index contributed by atoms with van der Waals surface area (Å²) < 4.78 is 2.61. The molecule has 6 heteroatoms. The van der Waals surface area contributed by atoms with E-state index in [4.69, 9.17) is 0 Å². The Labute approximate surface area is 112 Å². The number of pyridine rings is 1. The van der Waals surface area contributed by atoms with Crippen molar-refractivity contribution in [3.8, 4) is 0 Å². The lowest BCUT2D eigenvalue weighted by molar-refractivity contribution is 0.936. The first kappa shape index (κ1) is 11.2. The van der Waals surface area contributed by atoms with Crippen LogP contribution in [0.2, 0.25) is 0 Å². The summed E-state index contributed by atoms with van der Waals surface area (Å²) in [5.74, 6) is 0.820. The molecule has 3 aromatic heterocycles. The first-order chi connectivity index (χ1) is 8.83. The number of rotatable bonds is 3. The molecule has 3 aromatic rings. The molecule has 0 amide bonds. The van der Waals surface area contributed by atoms with Crippen molar-refractivity contribution in [3.05, 3.63) is 53.0 Å². The second-order valence-corrected chi connectivity index (χ2v) is 4.64. The van der Waals surface area contributed by atoms with Crippen LogP contribution in [0.1, 0.15) is 5.56 Å². The molecule has 0 saturated carbocycles. The lowest BCUT2D eigenvalue weighted by Gasteiger charge is -2.05. The summed E-state index contributed by atoms with van der Waals surface area (Å²) in [5, 5.41) is 7.42. The highest BCUT2D eigenvalue weighted by molar-refractivity contribution is 9.10. The Bertz CT molecular complexity index is 665. The van der Waals surface area contributed by atoms with Gasteiger partial charge in [-0.3, -0.25) is 4.98 Å². The lowest BCUT2D eigenvalue weighted by Crippen LogP contribution is -2.02. The summed E-state index contributed by atoms with van der Waals surface area (Å²) in [4.78, 5) is 8.46. The van der Waals surface area contributed by atoms with E-state index in [0.29, 0.717) is 0 Å². The highest BCUT2D eigenvalue weighted by Gasteiger charge is 2.03. The number of fused-ring (bicyclic) bond motifs is 1. The van der Waals surface area contributed by atoms with Crippen molar-refractivity contribution in [1.82, 2.24) is 19.6 Å². The quantitative estimate of drug-likeness (QED) is 0.808. The number of aromatic nitrogens is 4. The molecule has 0 spiro atoms. The highest BCUT2D eigenvalue weighted by atomic mass is 79.9. The Hall–Kier alpha value is -1.95. The van der Waals surface area contributed by atoms with Gasteiger partial charge in [0.1, 0.15) is 5.82 Å². The van der Waals surface area contributed by atoms with Crippen molar-refractivity contribution in [2.45, 2.75) is 6.54 Å². The number of nitrogens with zero attached hydrogens (tertiary/aromatic N) is 4.